The van der Waals surface area contributed by atoms with Gasteiger partial charge in [-0.2, -0.15) is 0 Å². The molecule has 1 aliphatic heterocycles. The summed E-state index contributed by atoms with van der Waals surface area (Å²) in [6.07, 6.45) is 3.71. The van der Waals surface area contributed by atoms with Crippen LogP contribution in [0.3, 0.4) is 0 Å². The van der Waals surface area contributed by atoms with E-state index in [1.807, 2.05) is 12.1 Å². The average Bonchev–Trinajstić information content (AvgIpc) is 2.47. The lowest BCUT2D eigenvalue weighted by molar-refractivity contribution is -0.137. The maximum Gasteiger partial charge on any atom is 0.323 e. The molecule has 0 radical (unpaired) electrons. The Labute approximate surface area is 118 Å². The molecule has 1 heterocycles. The normalized spacial score (nSPS) is 14.9. The van der Waals surface area contributed by atoms with E-state index in [4.69, 9.17) is 5.11 Å². The van der Waals surface area contributed by atoms with Gasteiger partial charge in [0.2, 0.25) is 0 Å². The number of benzene rings is 1. The SMILES string of the molecule is CN(CC(=O)O)C(=O)c1ccc(N2CCCCC2)cc1. The van der Waals surface area contributed by atoms with Gasteiger partial charge in [0.15, 0.2) is 0 Å². The summed E-state index contributed by atoms with van der Waals surface area (Å²) in [6, 6.07) is 7.41. The van der Waals surface area contributed by atoms with Crippen molar-refractivity contribution in [2.75, 3.05) is 31.6 Å². The van der Waals surface area contributed by atoms with Gasteiger partial charge in [0.1, 0.15) is 6.54 Å². The first-order chi connectivity index (χ1) is 9.58. The second-order valence-electron chi connectivity index (χ2n) is 5.15. The predicted octanol–water partition coefficient (Wildman–Crippen LogP) is 1.83. The third-order valence-electron chi connectivity index (χ3n) is 3.55. The van der Waals surface area contributed by atoms with Crippen molar-refractivity contribution in [2.24, 2.45) is 0 Å². The summed E-state index contributed by atoms with van der Waals surface area (Å²) in [6.45, 7) is 1.84. The number of carboxylic acids is 1. The van der Waals surface area contributed by atoms with Crippen molar-refractivity contribution in [3.8, 4) is 0 Å². The van der Waals surface area contributed by atoms with E-state index in [2.05, 4.69) is 4.90 Å². The van der Waals surface area contributed by atoms with Gasteiger partial charge in [-0.15, -0.1) is 0 Å². The number of carboxylic acid groups (broad SMARTS) is 1. The topological polar surface area (TPSA) is 60.9 Å². The Kier molecular flexibility index (Phi) is 4.61. The molecule has 2 rings (SSSR count). The fourth-order valence-electron chi connectivity index (χ4n) is 2.46. The van der Waals surface area contributed by atoms with Crippen LogP contribution in [-0.4, -0.2) is 48.6 Å². The number of nitrogens with zero attached hydrogens (tertiary/aromatic N) is 2. The van der Waals surface area contributed by atoms with Gasteiger partial charge in [-0.05, 0) is 43.5 Å². The van der Waals surface area contributed by atoms with E-state index in [0.717, 1.165) is 18.8 Å². The van der Waals surface area contributed by atoms with Crippen molar-refractivity contribution in [2.45, 2.75) is 19.3 Å². The van der Waals surface area contributed by atoms with Gasteiger partial charge in [-0.25, -0.2) is 0 Å². The van der Waals surface area contributed by atoms with Gasteiger partial charge in [0, 0.05) is 31.4 Å². The van der Waals surface area contributed by atoms with Crippen molar-refractivity contribution in [3.05, 3.63) is 29.8 Å². The lowest BCUT2D eigenvalue weighted by atomic mass is 10.1. The number of anilines is 1. The standard InChI is InChI=1S/C15H20N2O3/c1-16(11-14(18)19)15(20)12-5-7-13(8-6-12)17-9-3-2-4-10-17/h5-8H,2-4,9-11H2,1H3,(H,18,19). The molecule has 20 heavy (non-hydrogen) atoms. The molecule has 1 N–H and O–H groups in total. The van der Waals surface area contributed by atoms with E-state index in [-0.39, 0.29) is 12.5 Å². The molecule has 1 aromatic rings. The maximum atomic E-state index is 12.0. The largest absolute Gasteiger partial charge is 0.480 e. The number of rotatable bonds is 4. The molecule has 0 aliphatic carbocycles. The average molecular weight is 276 g/mol. The van der Waals surface area contributed by atoms with Crippen LogP contribution >= 0.6 is 0 Å². The number of aliphatic carboxylic acids is 1. The molecule has 0 saturated carbocycles. The van der Waals surface area contributed by atoms with E-state index in [1.165, 1.54) is 31.2 Å². The second-order valence-corrected chi connectivity index (χ2v) is 5.15. The molecule has 1 aliphatic rings. The third kappa shape index (κ3) is 3.50. The fourth-order valence-corrected chi connectivity index (χ4v) is 2.46. The van der Waals surface area contributed by atoms with Crippen molar-refractivity contribution in [1.82, 2.24) is 4.90 Å². The minimum Gasteiger partial charge on any atom is -0.480 e. The van der Waals surface area contributed by atoms with Crippen LogP contribution in [-0.2, 0) is 4.79 Å². The summed E-state index contributed by atoms with van der Waals surface area (Å²) in [5.74, 6) is -1.27. The molecule has 1 fully saturated rings. The van der Waals surface area contributed by atoms with Crippen LogP contribution < -0.4 is 4.90 Å². The van der Waals surface area contributed by atoms with Crippen LogP contribution in [0, 0.1) is 0 Å². The fraction of sp³-hybridized carbons (Fsp3) is 0.467. The van der Waals surface area contributed by atoms with Crippen LogP contribution in [0.25, 0.3) is 0 Å². The Hall–Kier alpha value is -2.04. The van der Waals surface area contributed by atoms with Crippen LogP contribution in [0.1, 0.15) is 29.6 Å². The summed E-state index contributed by atoms with van der Waals surface area (Å²) in [5.41, 5.74) is 1.65. The third-order valence-corrected chi connectivity index (χ3v) is 3.55. The molecular weight excluding hydrogens is 256 g/mol. The minimum absolute atomic E-state index is 0.266. The first kappa shape index (κ1) is 14.4. The van der Waals surface area contributed by atoms with Gasteiger partial charge >= 0.3 is 5.97 Å². The molecule has 1 amide bonds. The predicted molar refractivity (Wildman–Crippen MR) is 77.1 cm³/mol. The Bertz CT molecular complexity index is 478. The molecule has 5 heteroatoms. The number of carbonyl (C=O) groups excluding carboxylic acids is 1. The van der Waals surface area contributed by atoms with Crippen LogP contribution in [0.5, 0.6) is 0 Å². The lowest BCUT2D eigenvalue weighted by Gasteiger charge is -2.29. The van der Waals surface area contributed by atoms with Gasteiger partial charge in [-0.3, -0.25) is 9.59 Å². The van der Waals surface area contributed by atoms with E-state index >= 15 is 0 Å². The molecule has 0 unspecified atom stereocenters. The van der Waals surface area contributed by atoms with E-state index < -0.39 is 5.97 Å². The zero-order chi connectivity index (χ0) is 14.5. The molecule has 0 aromatic heterocycles. The maximum absolute atomic E-state index is 12.0. The highest BCUT2D eigenvalue weighted by atomic mass is 16.4. The highest BCUT2D eigenvalue weighted by molar-refractivity contribution is 5.95. The Balaban J connectivity index is 2.03. The zero-order valence-electron chi connectivity index (χ0n) is 11.7. The Morgan fingerprint density at radius 3 is 2.30 bits per heavy atom. The van der Waals surface area contributed by atoms with E-state index in [0.29, 0.717) is 5.56 Å². The first-order valence-corrected chi connectivity index (χ1v) is 6.90. The van der Waals surface area contributed by atoms with Crippen molar-refractivity contribution >= 4 is 17.6 Å². The van der Waals surface area contributed by atoms with E-state index in [1.54, 1.807) is 12.1 Å². The summed E-state index contributed by atoms with van der Waals surface area (Å²) >= 11 is 0. The summed E-state index contributed by atoms with van der Waals surface area (Å²) in [7, 11) is 1.50. The number of hydrogen-bond acceptors (Lipinski definition) is 3. The van der Waals surface area contributed by atoms with Crippen LogP contribution in [0.15, 0.2) is 24.3 Å². The molecule has 5 nitrogen and oxygen atoms in total. The monoisotopic (exact) mass is 276 g/mol. The quantitative estimate of drug-likeness (QED) is 0.911. The van der Waals surface area contributed by atoms with Gasteiger partial charge < -0.3 is 14.9 Å². The van der Waals surface area contributed by atoms with Crippen molar-refractivity contribution in [3.63, 3.8) is 0 Å². The smallest absolute Gasteiger partial charge is 0.323 e. The Morgan fingerprint density at radius 1 is 1.15 bits per heavy atom. The minimum atomic E-state index is -1.01. The van der Waals surface area contributed by atoms with E-state index in [9.17, 15) is 9.59 Å². The van der Waals surface area contributed by atoms with Gasteiger partial charge in [0.05, 0.1) is 0 Å². The highest BCUT2D eigenvalue weighted by Gasteiger charge is 2.15. The zero-order valence-corrected chi connectivity index (χ0v) is 11.7. The number of piperidine rings is 1. The molecule has 0 atom stereocenters. The summed E-state index contributed by atoms with van der Waals surface area (Å²) in [4.78, 5) is 26.1. The van der Waals surface area contributed by atoms with Crippen molar-refractivity contribution in [1.29, 1.82) is 0 Å². The molecule has 0 bridgehead atoms. The van der Waals surface area contributed by atoms with Crippen molar-refractivity contribution < 1.29 is 14.7 Å². The van der Waals surface area contributed by atoms with Gasteiger partial charge in [-0.1, -0.05) is 0 Å². The number of hydrogen-bond donors (Lipinski definition) is 1. The molecular formula is C15H20N2O3. The highest BCUT2D eigenvalue weighted by Crippen LogP contribution is 2.20. The number of likely N-dealkylation sites (N-methyl/N-ethyl adjacent to an activating group) is 1. The molecule has 1 saturated heterocycles. The number of amides is 1. The number of carbonyl (C=O) groups is 2. The summed E-state index contributed by atoms with van der Waals surface area (Å²) < 4.78 is 0. The first-order valence-electron chi connectivity index (χ1n) is 6.90. The molecule has 0 spiro atoms. The van der Waals surface area contributed by atoms with Crippen LogP contribution in [0.2, 0.25) is 0 Å². The van der Waals surface area contributed by atoms with Crippen LogP contribution in [0.4, 0.5) is 5.69 Å². The molecule has 1 aromatic carbocycles. The lowest BCUT2D eigenvalue weighted by Crippen LogP contribution is -2.32. The second kappa shape index (κ2) is 6.41. The van der Waals surface area contributed by atoms with Gasteiger partial charge in [0.25, 0.3) is 5.91 Å². The summed E-state index contributed by atoms with van der Waals surface area (Å²) in [5, 5.41) is 8.69. The Morgan fingerprint density at radius 2 is 1.75 bits per heavy atom. The molecule has 108 valence electrons.